The molecule has 3 atom stereocenters. The molecule has 0 aromatic heterocycles. The highest BCUT2D eigenvalue weighted by Crippen LogP contribution is 2.65. The smallest absolute Gasteiger partial charge is 0.311 e. The second-order valence-corrected chi connectivity index (χ2v) is 6.72. The molecule has 0 bridgehead atoms. The molecule has 0 saturated heterocycles. The quantitative estimate of drug-likeness (QED) is 0.422. The number of methoxy groups -OCH3 is 1. The number of non-ortho nitro benzene ring substituents is 1. The van der Waals surface area contributed by atoms with E-state index in [1.54, 1.807) is 31.2 Å². The molecule has 2 aromatic carbocycles. The first-order chi connectivity index (χ1) is 14.4. The summed E-state index contributed by atoms with van der Waals surface area (Å²) in [7, 11) is 1.52. The molecule has 1 amide bonds. The highest BCUT2D eigenvalue weighted by Gasteiger charge is 2.75. The molecule has 9 heteroatoms. The van der Waals surface area contributed by atoms with Crippen LogP contribution in [0.15, 0.2) is 48.5 Å². The molecule has 9 nitrogen and oxygen atoms in total. The van der Waals surface area contributed by atoms with Crippen LogP contribution in [0.4, 0.5) is 11.4 Å². The molecular formula is C21H19N3O6. The van der Waals surface area contributed by atoms with Crippen LogP contribution in [-0.2, 0) is 14.3 Å². The number of nitrogens with one attached hydrogen (secondary N) is 1. The fourth-order valence-corrected chi connectivity index (χ4v) is 3.58. The number of hydrogen-bond acceptors (Lipinski definition) is 7. The van der Waals surface area contributed by atoms with Crippen molar-refractivity contribution in [2.75, 3.05) is 19.0 Å². The predicted octanol–water partition coefficient (Wildman–Crippen LogP) is 3.03. The van der Waals surface area contributed by atoms with Gasteiger partial charge in [-0.15, -0.1) is 0 Å². The molecule has 1 fully saturated rings. The minimum atomic E-state index is -1.68. The van der Waals surface area contributed by atoms with Gasteiger partial charge in [-0.3, -0.25) is 19.7 Å². The molecule has 1 saturated carbocycles. The van der Waals surface area contributed by atoms with Gasteiger partial charge in [0, 0.05) is 23.7 Å². The monoisotopic (exact) mass is 409 g/mol. The van der Waals surface area contributed by atoms with Gasteiger partial charge in [0.1, 0.15) is 5.75 Å². The third-order valence-electron chi connectivity index (χ3n) is 5.12. The van der Waals surface area contributed by atoms with E-state index in [0.717, 1.165) is 0 Å². The Labute approximate surface area is 172 Å². The Morgan fingerprint density at radius 1 is 1.20 bits per heavy atom. The molecule has 0 heterocycles. The van der Waals surface area contributed by atoms with E-state index in [0.29, 0.717) is 17.0 Å². The molecule has 0 unspecified atom stereocenters. The Hall–Kier alpha value is -3.93. The van der Waals surface area contributed by atoms with Gasteiger partial charge in [-0.25, -0.2) is 0 Å². The van der Waals surface area contributed by atoms with Crippen LogP contribution in [0.1, 0.15) is 18.4 Å². The third-order valence-corrected chi connectivity index (χ3v) is 5.12. The number of carbonyl (C=O) groups is 2. The normalized spacial score (nSPS) is 21.8. The Kier molecular flexibility index (Phi) is 5.69. The molecule has 0 radical (unpaired) electrons. The number of esters is 1. The highest BCUT2D eigenvalue weighted by molar-refractivity contribution is 6.06. The number of hydrogen-bond donors (Lipinski definition) is 1. The zero-order valence-electron chi connectivity index (χ0n) is 16.3. The van der Waals surface area contributed by atoms with E-state index < -0.39 is 34.1 Å². The van der Waals surface area contributed by atoms with E-state index >= 15 is 0 Å². The van der Waals surface area contributed by atoms with Crippen LogP contribution >= 0.6 is 0 Å². The number of ether oxygens (including phenoxy) is 2. The molecule has 3 rings (SSSR count). The lowest BCUT2D eigenvalue weighted by atomic mass is 9.98. The van der Waals surface area contributed by atoms with Crippen molar-refractivity contribution in [1.82, 2.24) is 0 Å². The zero-order valence-corrected chi connectivity index (χ0v) is 16.3. The number of nitro groups is 1. The maximum atomic E-state index is 13.1. The van der Waals surface area contributed by atoms with Crippen molar-refractivity contribution >= 4 is 23.3 Å². The van der Waals surface area contributed by atoms with Gasteiger partial charge in [-0.2, -0.15) is 5.26 Å². The van der Waals surface area contributed by atoms with Crippen molar-refractivity contribution < 1.29 is 24.0 Å². The third kappa shape index (κ3) is 3.55. The van der Waals surface area contributed by atoms with Crippen LogP contribution in [0, 0.1) is 32.8 Å². The van der Waals surface area contributed by atoms with Gasteiger partial charge in [0.25, 0.3) is 5.69 Å². The number of carbonyl (C=O) groups excluding carboxylic acids is 2. The van der Waals surface area contributed by atoms with E-state index in [-0.39, 0.29) is 12.3 Å². The maximum Gasteiger partial charge on any atom is 0.311 e. The Morgan fingerprint density at radius 2 is 1.83 bits per heavy atom. The zero-order chi connectivity index (χ0) is 21.9. The van der Waals surface area contributed by atoms with Gasteiger partial charge >= 0.3 is 5.97 Å². The molecule has 1 aliphatic rings. The fourth-order valence-electron chi connectivity index (χ4n) is 3.58. The molecule has 30 heavy (non-hydrogen) atoms. The topological polar surface area (TPSA) is 132 Å². The Bertz CT molecular complexity index is 1010. The van der Waals surface area contributed by atoms with Crippen LogP contribution in [0.25, 0.3) is 0 Å². The van der Waals surface area contributed by atoms with Crippen LogP contribution in [-0.4, -0.2) is 30.5 Å². The largest absolute Gasteiger partial charge is 0.497 e. The molecule has 0 aliphatic heterocycles. The minimum absolute atomic E-state index is 0.101. The van der Waals surface area contributed by atoms with Crippen molar-refractivity contribution in [1.29, 1.82) is 5.26 Å². The van der Waals surface area contributed by atoms with Crippen molar-refractivity contribution in [3.8, 4) is 11.8 Å². The summed E-state index contributed by atoms with van der Waals surface area (Å²) in [5.41, 5.74) is -0.891. The number of nitriles is 1. The fraction of sp³-hybridized carbons (Fsp3) is 0.286. The number of amides is 1. The van der Waals surface area contributed by atoms with Crippen LogP contribution in [0.2, 0.25) is 0 Å². The summed E-state index contributed by atoms with van der Waals surface area (Å²) in [4.78, 5) is 35.9. The molecule has 0 spiro atoms. The standard InChI is InChI=1S/C21H19N3O6/c1-3-30-19(25)18-17(13-4-8-15(9-5-13)24(27)28)21(18,12-22)20(26)23-14-6-10-16(29-2)11-7-14/h4-11,17-18H,3H2,1-2H3,(H,23,26)/t17-,18-,21+/m1/s1. The maximum absolute atomic E-state index is 13.1. The lowest BCUT2D eigenvalue weighted by molar-refractivity contribution is -0.384. The molecular weight excluding hydrogens is 390 g/mol. The number of anilines is 1. The van der Waals surface area contributed by atoms with Crippen molar-refractivity contribution in [2.45, 2.75) is 12.8 Å². The molecule has 1 N–H and O–H groups in total. The summed E-state index contributed by atoms with van der Waals surface area (Å²) < 4.78 is 10.1. The first-order valence-corrected chi connectivity index (χ1v) is 9.16. The SMILES string of the molecule is CCOC(=O)[C@H]1[C@@H](c2ccc([N+](=O)[O-])cc2)[C@]1(C#N)C(=O)Nc1ccc(OC)cc1. The Balaban J connectivity index is 1.93. The van der Waals surface area contributed by atoms with Gasteiger partial charge in [0.15, 0.2) is 5.41 Å². The van der Waals surface area contributed by atoms with E-state index in [4.69, 9.17) is 9.47 Å². The summed E-state index contributed by atoms with van der Waals surface area (Å²) in [6.45, 7) is 1.73. The van der Waals surface area contributed by atoms with Gasteiger partial charge in [-0.05, 0) is 36.8 Å². The van der Waals surface area contributed by atoms with Crippen molar-refractivity contribution in [2.24, 2.45) is 11.3 Å². The highest BCUT2D eigenvalue weighted by atomic mass is 16.6. The van der Waals surface area contributed by atoms with Crippen molar-refractivity contribution in [3.05, 3.63) is 64.2 Å². The van der Waals surface area contributed by atoms with Gasteiger partial charge in [0.05, 0.1) is 30.6 Å². The molecule has 2 aromatic rings. The van der Waals surface area contributed by atoms with E-state index in [9.17, 15) is 25.0 Å². The van der Waals surface area contributed by atoms with Crippen molar-refractivity contribution in [3.63, 3.8) is 0 Å². The lowest BCUT2D eigenvalue weighted by Gasteiger charge is -2.11. The first kappa shape index (κ1) is 20.8. The summed E-state index contributed by atoms with van der Waals surface area (Å²) >= 11 is 0. The number of benzene rings is 2. The summed E-state index contributed by atoms with van der Waals surface area (Å²) in [6.07, 6.45) is 0. The predicted molar refractivity (Wildman–Crippen MR) is 106 cm³/mol. The van der Waals surface area contributed by atoms with E-state index in [2.05, 4.69) is 5.32 Å². The number of nitro benzene ring substituents is 1. The summed E-state index contributed by atoms with van der Waals surface area (Å²) in [5, 5.41) is 23.5. The number of rotatable bonds is 7. The second-order valence-electron chi connectivity index (χ2n) is 6.72. The minimum Gasteiger partial charge on any atom is -0.497 e. The summed E-state index contributed by atoms with van der Waals surface area (Å²) in [5.74, 6) is -2.49. The van der Waals surface area contributed by atoms with Crippen LogP contribution in [0.5, 0.6) is 5.75 Å². The molecule has 1 aliphatic carbocycles. The number of nitrogens with zero attached hydrogens (tertiary/aromatic N) is 2. The lowest BCUT2D eigenvalue weighted by Crippen LogP contribution is -2.28. The molecule has 154 valence electrons. The van der Waals surface area contributed by atoms with Gasteiger partial charge < -0.3 is 14.8 Å². The Morgan fingerprint density at radius 3 is 2.33 bits per heavy atom. The summed E-state index contributed by atoms with van der Waals surface area (Å²) in [6, 6.07) is 14.0. The van der Waals surface area contributed by atoms with Crippen LogP contribution in [0.3, 0.4) is 0 Å². The van der Waals surface area contributed by atoms with Gasteiger partial charge in [0.2, 0.25) is 5.91 Å². The van der Waals surface area contributed by atoms with Gasteiger partial charge in [-0.1, -0.05) is 12.1 Å². The van der Waals surface area contributed by atoms with Crippen LogP contribution < -0.4 is 10.1 Å². The average Bonchev–Trinajstić information content (AvgIpc) is 3.45. The average molecular weight is 409 g/mol. The first-order valence-electron chi connectivity index (χ1n) is 9.16. The van der Waals surface area contributed by atoms with E-state index in [1.165, 1.54) is 31.4 Å². The van der Waals surface area contributed by atoms with E-state index in [1.807, 2.05) is 6.07 Å². The second kappa shape index (κ2) is 8.21.